The second-order valence-corrected chi connectivity index (χ2v) is 5.37. The predicted octanol–water partition coefficient (Wildman–Crippen LogP) is 2.94. The molecule has 24 heavy (non-hydrogen) atoms. The van der Waals surface area contributed by atoms with Gasteiger partial charge in [-0.1, -0.05) is 6.07 Å². The highest BCUT2D eigenvalue weighted by molar-refractivity contribution is 7.11. The second kappa shape index (κ2) is 6.78. The lowest BCUT2D eigenvalue weighted by molar-refractivity contribution is -0.402. The molecule has 0 saturated heterocycles. The highest BCUT2D eigenvalue weighted by atomic mass is 32.1. The molecule has 2 rings (SSSR count). The van der Waals surface area contributed by atoms with Gasteiger partial charge in [-0.15, -0.1) is 11.3 Å². The van der Waals surface area contributed by atoms with Crippen LogP contribution in [0.2, 0.25) is 0 Å². The van der Waals surface area contributed by atoms with Crippen molar-refractivity contribution in [3.8, 4) is 0 Å². The molecule has 0 fully saturated rings. The number of nitro groups is 3. The van der Waals surface area contributed by atoms with E-state index in [-0.39, 0.29) is 0 Å². The molecule has 1 heterocycles. The van der Waals surface area contributed by atoms with Crippen molar-refractivity contribution >= 4 is 40.3 Å². The molecule has 1 aromatic heterocycles. The second-order valence-electron chi connectivity index (χ2n) is 4.39. The molecule has 1 aromatic carbocycles. The van der Waals surface area contributed by atoms with Crippen molar-refractivity contribution < 1.29 is 14.8 Å². The van der Waals surface area contributed by atoms with Crippen LogP contribution in [0.3, 0.4) is 0 Å². The Hall–Kier alpha value is -3.41. The van der Waals surface area contributed by atoms with E-state index in [1.807, 2.05) is 0 Å². The van der Waals surface area contributed by atoms with E-state index in [2.05, 4.69) is 5.10 Å². The van der Waals surface area contributed by atoms with E-state index >= 15 is 0 Å². The van der Waals surface area contributed by atoms with Crippen LogP contribution in [0.25, 0.3) is 0 Å². The zero-order chi connectivity index (χ0) is 17.9. The Kier molecular flexibility index (Phi) is 4.79. The number of non-ortho nitro benzene ring substituents is 1. The average molecular weight is 351 g/mol. The number of benzene rings is 1. The van der Waals surface area contributed by atoms with Gasteiger partial charge in [-0.05, 0) is 11.4 Å². The number of nitro benzene ring substituents is 3. The molecule has 2 aromatic rings. The van der Waals surface area contributed by atoms with Crippen LogP contribution in [-0.2, 0) is 0 Å². The molecule has 0 saturated carbocycles. The van der Waals surface area contributed by atoms with E-state index in [4.69, 9.17) is 0 Å². The van der Waals surface area contributed by atoms with Gasteiger partial charge in [0, 0.05) is 11.9 Å². The molecule has 0 N–H and O–H groups in total. The summed E-state index contributed by atoms with van der Waals surface area (Å²) in [7, 11) is 1.28. The molecule has 0 bridgehead atoms. The van der Waals surface area contributed by atoms with Gasteiger partial charge in [0.15, 0.2) is 0 Å². The topological polar surface area (TPSA) is 145 Å². The van der Waals surface area contributed by atoms with Crippen molar-refractivity contribution in [2.24, 2.45) is 5.10 Å². The summed E-state index contributed by atoms with van der Waals surface area (Å²) in [4.78, 5) is 31.2. The first kappa shape index (κ1) is 17.0. The molecule has 0 aliphatic carbocycles. The fraction of sp³-hybridized carbons (Fsp3) is 0.0833. The maximum absolute atomic E-state index is 11.2. The zero-order valence-corrected chi connectivity index (χ0v) is 12.9. The summed E-state index contributed by atoms with van der Waals surface area (Å²) in [5.41, 5.74) is -2.74. The van der Waals surface area contributed by atoms with Gasteiger partial charge in [0.05, 0.1) is 33.1 Å². The lowest BCUT2D eigenvalue weighted by atomic mass is 10.2. The smallest absolute Gasteiger partial charge is 0.258 e. The van der Waals surface area contributed by atoms with Crippen molar-refractivity contribution in [1.29, 1.82) is 0 Å². The number of thiophene rings is 1. The molecular weight excluding hydrogens is 342 g/mol. The minimum atomic E-state index is -0.932. The molecule has 124 valence electrons. The van der Waals surface area contributed by atoms with Crippen LogP contribution in [0, 0.1) is 30.3 Å². The van der Waals surface area contributed by atoms with Crippen molar-refractivity contribution in [3.05, 3.63) is 64.9 Å². The van der Waals surface area contributed by atoms with Crippen LogP contribution < -0.4 is 5.01 Å². The highest BCUT2D eigenvalue weighted by Crippen LogP contribution is 2.40. The molecule has 0 aliphatic rings. The number of nitrogens with zero attached hydrogens (tertiary/aromatic N) is 5. The first-order valence-corrected chi connectivity index (χ1v) is 7.11. The van der Waals surface area contributed by atoms with Crippen LogP contribution in [0.5, 0.6) is 0 Å². The van der Waals surface area contributed by atoms with Gasteiger partial charge in [-0.25, -0.2) is 0 Å². The molecule has 0 aliphatic heterocycles. The third kappa shape index (κ3) is 3.49. The maximum Gasteiger partial charge on any atom is 0.308 e. The minimum Gasteiger partial charge on any atom is -0.258 e. The Morgan fingerprint density at radius 1 is 1.08 bits per heavy atom. The summed E-state index contributed by atoms with van der Waals surface area (Å²) in [5.74, 6) is 0. The minimum absolute atomic E-state index is 0.441. The van der Waals surface area contributed by atoms with E-state index in [1.165, 1.54) is 24.6 Å². The Bertz CT molecular complexity index is 799. The monoisotopic (exact) mass is 351 g/mol. The van der Waals surface area contributed by atoms with E-state index < -0.39 is 37.5 Å². The van der Waals surface area contributed by atoms with Gasteiger partial charge in [-0.3, -0.25) is 35.4 Å². The third-order valence-corrected chi connectivity index (χ3v) is 3.69. The molecule has 12 heteroatoms. The van der Waals surface area contributed by atoms with Crippen LogP contribution in [0.1, 0.15) is 4.88 Å². The molecule has 11 nitrogen and oxygen atoms in total. The highest BCUT2D eigenvalue weighted by Gasteiger charge is 2.33. The Balaban J connectivity index is 2.59. The number of hydrogen-bond donors (Lipinski definition) is 0. The van der Waals surface area contributed by atoms with Crippen LogP contribution in [-0.4, -0.2) is 28.0 Å². The van der Waals surface area contributed by atoms with Crippen LogP contribution in [0.15, 0.2) is 34.7 Å². The Morgan fingerprint density at radius 3 is 2.08 bits per heavy atom. The van der Waals surface area contributed by atoms with Gasteiger partial charge in [-0.2, -0.15) is 5.10 Å². The molecule has 0 amide bonds. The fourth-order valence-corrected chi connectivity index (χ4v) is 2.45. The van der Waals surface area contributed by atoms with Gasteiger partial charge < -0.3 is 0 Å². The van der Waals surface area contributed by atoms with Crippen LogP contribution >= 0.6 is 11.3 Å². The predicted molar refractivity (Wildman–Crippen MR) is 86.7 cm³/mol. The van der Waals surface area contributed by atoms with Crippen LogP contribution in [0.4, 0.5) is 22.7 Å². The Morgan fingerprint density at radius 2 is 1.67 bits per heavy atom. The van der Waals surface area contributed by atoms with E-state index in [0.717, 1.165) is 9.89 Å². The molecule has 0 unspecified atom stereocenters. The van der Waals surface area contributed by atoms with Crippen molar-refractivity contribution in [2.75, 3.05) is 12.1 Å². The van der Waals surface area contributed by atoms with Crippen molar-refractivity contribution in [3.63, 3.8) is 0 Å². The van der Waals surface area contributed by atoms with Crippen molar-refractivity contribution in [1.82, 2.24) is 0 Å². The normalized spacial score (nSPS) is 10.7. The van der Waals surface area contributed by atoms with E-state index in [9.17, 15) is 30.3 Å². The average Bonchev–Trinajstić information content (AvgIpc) is 3.04. The summed E-state index contributed by atoms with van der Waals surface area (Å²) in [6.45, 7) is 0. The number of anilines is 1. The molecular formula is C12H9N5O6S. The Labute approximate surface area is 137 Å². The summed E-state index contributed by atoms with van der Waals surface area (Å²) >= 11 is 1.35. The van der Waals surface area contributed by atoms with Gasteiger partial charge in [0.1, 0.15) is 0 Å². The molecule has 0 atom stereocenters. The lowest BCUT2D eigenvalue weighted by Gasteiger charge is -2.12. The first-order valence-electron chi connectivity index (χ1n) is 6.23. The summed E-state index contributed by atoms with van der Waals surface area (Å²) in [6.07, 6.45) is 1.37. The maximum atomic E-state index is 11.2. The summed E-state index contributed by atoms with van der Waals surface area (Å²) in [5, 5.41) is 39.9. The lowest BCUT2D eigenvalue weighted by Crippen LogP contribution is -2.13. The largest absolute Gasteiger partial charge is 0.308 e. The number of hydrogen-bond acceptors (Lipinski definition) is 9. The SMILES string of the molecule is CN(/N=C/c1cccs1)c1c([N+](=O)[O-])cc([N+](=O)[O-])cc1[N+](=O)[O-]. The number of rotatable bonds is 6. The molecule has 0 spiro atoms. The fourth-order valence-electron chi connectivity index (χ4n) is 1.87. The standard InChI is InChI=1S/C12H9N5O6S/c1-14(13-7-9-3-2-4-24-9)12-10(16(20)21)5-8(15(18)19)6-11(12)17(22)23/h2-7H,1H3/b13-7+. The number of hydrazone groups is 1. The first-order chi connectivity index (χ1) is 11.3. The van der Waals surface area contributed by atoms with Gasteiger partial charge in [0.25, 0.3) is 5.69 Å². The zero-order valence-electron chi connectivity index (χ0n) is 12.1. The third-order valence-electron chi connectivity index (χ3n) is 2.88. The molecule has 0 radical (unpaired) electrons. The summed E-state index contributed by atoms with van der Waals surface area (Å²) < 4.78 is 0. The van der Waals surface area contributed by atoms with E-state index in [1.54, 1.807) is 17.5 Å². The van der Waals surface area contributed by atoms with E-state index in [0.29, 0.717) is 12.1 Å². The van der Waals surface area contributed by atoms with Crippen molar-refractivity contribution in [2.45, 2.75) is 0 Å². The summed E-state index contributed by atoms with van der Waals surface area (Å²) in [6, 6.07) is 4.84. The quantitative estimate of drug-likeness (QED) is 0.441. The van der Waals surface area contributed by atoms with Gasteiger partial charge >= 0.3 is 11.4 Å². The van der Waals surface area contributed by atoms with Gasteiger partial charge in [0.2, 0.25) is 5.69 Å².